The van der Waals surface area contributed by atoms with Crippen LogP contribution in [0.1, 0.15) is 45.1 Å². The summed E-state index contributed by atoms with van der Waals surface area (Å²) in [6, 6.07) is 6.28. The molecule has 1 aromatic rings. The molecule has 0 saturated heterocycles. The van der Waals surface area contributed by atoms with E-state index in [0.29, 0.717) is 19.2 Å². The van der Waals surface area contributed by atoms with Gasteiger partial charge in [0.25, 0.3) is 0 Å². The second-order valence-electron chi connectivity index (χ2n) is 6.26. The quantitative estimate of drug-likeness (QED) is 0.521. The number of aliphatic hydroxyl groups is 1. The molecular formula is C19H31N3O3. The largest absolute Gasteiger partial charge is 0.493 e. The van der Waals surface area contributed by atoms with Crippen LogP contribution in [0.5, 0.6) is 11.5 Å². The molecule has 1 aliphatic rings. The zero-order valence-corrected chi connectivity index (χ0v) is 15.5. The van der Waals surface area contributed by atoms with Crippen molar-refractivity contribution in [2.45, 2.75) is 58.2 Å². The molecule has 0 aromatic heterocycles. The Morgan fingerprint density at radius 3 is 2.60 bits per heavy atom. The molecule has 0 bridgehead atoms. The van der Waals surface area contributed by atoms with Crippen molar-refractivity contribution in [1.82, 2.24) is 10.6 Å². The van der Waals surface area contributed by atoms with Gasteiger partial charge < -0.3 is 25.2 Å². The highest BCUT2D eigenvalue weighted by Gasteiger charge is 2.19. The van der Waals surface area contributed by atoms with Crippen LogP contribution in [0.4, 0.5) is 0 Å². The van der Waals surface area contributed by atoms with E-state index in [1.165, 1.54) is 0 Å². The molecule has 2 rings (SSSR count). The Labute approximate surface area is 150 Å². The Hall–Kier alpha value is -1.95. The van der Waals surface area contributed by atoms with E-state index in [2.05, 4.69) is 22.5 Å². The number of guanidine groups is 1. The molecule has 0 amide bonds. The summed E-state index contributed by atoms with van der Waals surface area (Å²) in [5.74, 6) is 2.30. The van der Waals surface area contributed by atoms with Crippen molar-refractivity contribution < 1.29 is 14.6 Å². The van der Waals surface area contributed by atoms with Crippen molar-refractivity contribution in [3.63, 3.8) is 0 Å². The van der Waals surface area contributed by atoms with Crippen LogP contribution < -0.4 is 20.1 Å². The van der Waals surface area contributed by atoms with Gasteiger partial charge in [0.05, 0.1) is 26.4 Å². The van der Waals surface area contributed by atoms with E-state index in [1.54, 1.807) is 7.11 Å². The van der Waals surface area contributed by atoms with Gasteiger partial charge in [0.1, 0.15) is 0 Å². The zero-order chi connectivity index (χ0) is 18.1. The van der Waals surface area contributed by atoms with E-state index < -0.39 is 0 Å². The Morgan fingerprint density at radius 2 is 1.96 bits per heavy atom. The summed E-state index contributed by atoms with van der Waals surface area (Å²) in [5.41, 5.74) is 1.07. The van der Waals surface area contributed by atoms with Gasteiger partial charge in [-0.1, -0.05) is 6.07 Å². The molecule has 6 nitrogen and oxygen atoms in total. The Bertz CT molecular complexity index is 555. The Morgan fingerprint density at radius 1 is 1.20 bits per heavy atom. The van der Waals surface area contributed by atoms with Crippen molar-refractivity contribution in [2.24, 2.45) is 4.99 Å². The maximum absolute atomic E-state index is 9.63. The third kappa shape index (κ3) is 6.12. The molecule has 0 heterocycles. The zero-order valence-electron chi connectivity index (χ0n) is 15.5. The normalized spacial score (nSPS) is 20.9. The first-order valence-electron chi connectivity index (χ1n) is 9.18. The average molecular weight is 349 g/mol. The van der Waals surface area contributed by atoms with Gasteiger partial charge in [-0.15, -0.1) is 0 Å². The van der Waals surface area contributed by atoms with Crippen molar-refractivity contribution in [2.75, 3.05) is 20.3 Å². The fourth-order valence-corrected chi connectivity index (χ4v) is 2.99. The maximum Gasteiger partial charge on any atom is 0.191 e. The number of nitrogens with one attached hydrogen (secondary N) is 2. The number of nitrogens with zero attached hydrogens (tertiary/aromatic N) is 1. The minimum Gasteiger partial charge on any atom is -0.493 e. The highest BCUT2D eigenvalue weighted by Crippen LogP contribution is 2.28. The number of aliphatic hydroxyl groups excluding tert-OH is 1. The van der Waals surface area contributed by atoms with Crippen LogP contribution in [0.2, 0.25) is 0 Å². The van der Waals surface area contributed by atoms with Crippen molar-refractivity contribution in [3.05, 3.63) is 23.8 Å². The third-order valence-corrected chi connectivity index (χ3v) is 4.33. The lowest BCUT2D eigenvalue weighted by molar-refractivity contribution is 0.120. The molecule has 6 heteroatoms. The topological polar surface area (TPSA) is 75.1 Å². The standard InChI is InChI=1S/C19H31N3O3/c1-4-20-19(22-15-7-9-16(23)10-8-15)21-13-14-6-11-17(25-5-2)18(12-14)24-3/h6,11-12,15-16,23H,4-5,7-10,13H2,1-3H3,(H2,20,21,22). The SMILES string of the molecule is CCNC(=NCc1ccc(OCC)c(OC)c1)NC1CCC(O)CC1. The number of rotatable bonds is 7. The van der Waals surface area contributed by atoms with Crippen LogP contribution in [0, 0.1) is 0 Å². The minimum atomic E-state index is -0.145. The van der Waals surface area contributed by atoms with Crippen LogP contribution in [0.25, 0.3) is 0 Å². The van der Waals surface area contributed by atoms with Crippen molar-refractivity contribution in [1.29, 1.82) is 0 Å². The van der Waals surface area contributed by atoms with Gasteiger partial charge in [0, 0.05) is 12.6 Å². The Balaban J connectivity index is 2.00. The predicted molar refractivity (Wildman–Crippen MR) is 100 cm³/mol. The fourth-order valence-electron chi connectivity index (χ4n) is 2.99. The first-order valence-corrected chi connectivity index (χ1v) is 9.18. The highest BCUT2D eigenvalue weighted by molar-refractivity contribution is 5.80. The summed E-state index contributed by atoms with van der Waals surface area (Å²) < 4.78 is 10.9. The minimum absolute atomic E-state index is 0.145. The van der Waals surface area contributed by atoms with Gasteiger partial charge in [0.15, 0.2) is 17.5 Å². The number of hydrogen-bond donors (Lipinski definition) is 3. The number of benzene rings is 1. The smallest absolute Gasteiger partial charge is 0.191 e. The van der Waals surface area contributed by atoms with Crippen molar-refractivity contribution in [3.8, 4) is 11.5 Å². The number of ether oxygens (including phenoxy) is 2. The molecule has 1 saturated carbocycles. The van der Waals surface area contributed by atoms with Gasteiger partial charge in [-0.05, 0) is 57.2 Å². The lowest BCUT2D eigenvalue weighted by atomic mass is 9.93. The van der Waals surface area contributed by atoms with Gasteiger partial charge in [0.2, 0.25) is 0 Å². The number of hydrogen-bond acceptors (Lipinski definition) is 4. The van der Waals surface area contributed by atoms with E-state index in [9.17, 15) is 5.11 Å². The van der Waals surface area contributed by atoms with E-state index in [-0.39, 0.29) is 6.10 Å². The summed E-state index contributed by atoms with van der Waals surface area (Å²) in [5, 5.41) is 16.4. The second kappa shape index (κ2) is 10.1. The summed E-state index contributed by atoms with van der Waals surface area (Å²) in [7, 11) is 1.65. The van der Waals surface area contributed by atoms with Crippen LogP contribution in [-0.4, -0.2) is 43.5 Å². The highest BCUT2D eigenvalue weighted by atomic mass is 16.5. The number of aliphatic imine (C=N–C) groups is 1. The van der Waals surface area contributed by atoms with Crippen LogP contribution in [-0.2, 0) is 6.54 Å². The van der Waals surface area contributed by atoms with Crippen LogP contribution in [0.3, 0.4) is 0 Å². The number of methoxy groups -OCH3 is 1. The molecule has 0 spiro atoms. The lowest BCUT2D eigenvalue weighted by Gasteiger charge is -2.27. The average Bonchev–Trinajstić information content (AvgIpc) is 2.63. The molecule has 25 heavy (non-hydrogen) atoms. The van der Waals surface area contributed by atoms with Crippen LogP contribution in [0.15, 0.2) is 23.2 Å². The van der Waals surface area contributed by atoms with Crippen LogP contribution >= 0.6 is 0 Å². The van der Waals surface area contributed by atoms with E-state index >= 15 is 0 Å². The molecule has 0 aliphatic heterocycles. The van der Waals surface area contributed by atoms with Gasteiger partial charge in [-0.25, -0.2) is 4.99 Å². The van der Waals surface area contributed by atoms with E-state index in [1.807, 2.05) is 25.1 Å². The van der Waals surface area contributed by atoms with Gasteiger partial charge >= 0.3 is 0 Å². The summed E-state index contributed by atoms with van der Waals surface area (Å²) in [4.78, 5) is 4.68. The predicted octanol–water partition coefficient (Wildman–Crippen LogP) is 2.45. The van der Waals surface area contributed by atoms with Gasteiger partial charge in [-0.3, -0.25) is 0 Å². The molecule has 1 aliphatic carbocycles. The molecule has 1 aromatic carbocycles. The molecule has 0 unspecified atom stereocenters. The first kappa shape index (κ1) is 19.4. The summed E-state index contributed by atoms with van der Waals surface area (Å²) >= 11 is 0. The summed E-state index contributed by atoms with van der Waals surface area (Å²) in [6.45, 7) is 6.00. The lowest BCUT2D eigenvalue weighted by Crippen LogP contribution is -2.45. The summed E-state index contributed by atoms with van der Waals surface area (Å²) in [6.07, 6.45) is 3.51. The molecule has 0 radical (unpaired) electrons. The molecule has 3 N–H and O–H groups in total. The van der Waals surface area contributed by atoms with Gasteiger partial charge in [-0.2, -0.15) is 0 Å². The Kier molecular flexibility index (Phi) is 7.85. The fraction of sp³-hybridized carbons (Fsp3) is 0.632. The third-order valence-electron chi connectivity index (χ3n) is 4.33. The second-order valence-corrected chi connectivity index (χ2v) is 6.26. The van der Waals surface area contributed by atoms with E-state index in [4.69, 9.17) is 9.47 Å². The molecule has 1 fully saturated rings. The van der Waals surface area contributed by atoms with Crippen molar-refractivity contribution >= 4 is 5.96 Å². The first-order chi connectivity index (χ1) is 12.2. The molecular weight excluding hydrogens is 318 g/mol. The maximum atomic E-state index is 9.63. The molecule has 140 valence electrons. The molecule has 0 atom stereocenters. The monoisotopic (exact) mass is 349 g/mol. The van der Waals surface area contributed by atoms with E-state index in [0.717, 1.165) is 55.3 Å².